The van der Waals surface area contributed by atoms with Crippen molar-refractivity contribution in [3.05, 3.63) is 206 Å². The third-order valence-corrected chi connectivity index (χ3v) is 13.2. The van der Waals surface area contributed by atoms with Gasteiger partial charge in [-0.05, 0) is 84.2 Å². The van der Waals surface area contributed by atoms with Gasteiger partial charge in [0.25, 0.3) is 0 Å². The smallest absolute Gasteiger partial charge is 0.358 e. The fraction of sp³-hybridized carbons (Fsp3) is 0. The Morgan fingerprint density at radius 3 is 1.35 bits per heavy atom. The first-order chi connectivity index (χ1) is 31.8. The SMILES string of the molecule is [Pt+2].[c-]1c(-n2c3[c-]c(-n4c5ccccc5n5c6ccccc6nc45)ccc3c3cc(-n4c5ccccc5c5ccccc54)ccc32)cccc1-n1c2ccccc2n2c3ccccc3nc12. The van der Waals surface area contributed by atoms with Gasteiger partial charge in [0.2, 0.25) is 11.6 Å². The first kappa shape index (κ1) is 36.3. The molecule has 306 valence electrons. The molecule has 65 heavy (non-hydrogen) atoms. The second-order valence-corrected chi connectivity index (χ2v) is 16.6. The minimum Gasteiger partial charge on any atom is -0.358 e. The van der Waals surface area contributed by atoms with Crippen LogP contribution in [0, 0.1) is 12.1 Å². The van der Waals surface area contributed by atoms with Crippen LogP contribution in [0.15, 0.2) is 194 Å². The van der Waals surface area contributed by atoms with Crippen LogP contribution in [0.4, 0.5) is 0 Å². The number of aromatic nitrogens is 8. The maximum absolute atomic E-state index is 5.21. The molecule has 9 aromatic carbocycles. The van der Waals surface area contributed by atoms with E-state index in [1.807, 2.05) is 12.1 Å². The summed E-state index contributed by atoms with van der Waals surface area (Å²) in [6, 6.07) is 76.7. The predicted molar refractivity (Wildman–Crippen MR) is 259 cm³/mol. The number of para-hydroxylation sites is 10. The van der Waals surface area contributed by atoms with E-state index in [9.17, 15) is 0 Å². The summed E-state index contributed by atoms with van der Waals surface area (Å²) in [6.07, 6.45) is 0. The Balaban J connectivity index is 0.00000406. The van der Waals surface area contributed by atoms with Crippen molar-refractivity contribution in [2.75, 3.05) is 0 Å². The van der Waals surface area contributed by atoms with Gasteiger partial charge in [0, 0.05) is 22.0 Å². The van der Waals surface area contributed by atoms with Crippen molar-refractivity contribution < 1.29 is 21.1 Å². The molecule has 0 aliphatic carbocycles. The first-order valence-electron chi connectivity index (χ1n) is 21.5. The van der Waals surface area contributed by atoms with Crippen LogP contribution in [0.5, 0.6) is 0 Å². The van der Waals surface area contributed by atoms with Crippen molar-refractivity contribution >= 4 is 99.3 Å². The molecule has 0 amide bonds. The molecule has 0 unspecified atom stereocenters. The van der Waals surface area contributed by atoms with Gasteiger partial charge < -0.3 is 18.3 Å². The zero-order valence-electron chi connectivity index (χ0n) is 34.4. The number of benzene rings is 9. The Bertz CT molecular complexity index is 4400. The number of hydrogen-bond acceptors (Lipinski definition) is 2. The Labute approximate surface area is 384 Å². The Morgan fingerprint density at radius 1 is 0.308 bits per heavy atom. The Morgan fingerprint density at radius 2 is 0.769 bits per heavy atom. The van der Waals surface area contributed by atoms with E-state index in [0.717, 1.165) is 100 Å². The van der Waals surface area contributed by atoms with E-state index in [1.165, 1.54) is 21.8 Å². The fourth-order valence-electron chi connectivity index (χ4n) is 10.5. The van der Waals surface area contributed by atoms with Gasteiger partial charge in [0.15, 0.2) is 0 Å². The van der Waals surface area contributed by atoms with E-state index in [2.05, 4.69) is 221 Å². The summed E-state index contributed by atoms with van der Waals surface area (Å²) < 4.78 is 13.7. The van der Waals surface area contributed by atoms with E-state index in [1.54, 1.807) is 0 Å². The summed E-state index contributed by atoms with van der Waals surface area (Å²) in [6.45, 7) is 0. The molecule has 0 radical (unpaired) electrons. The maximum atomic E-state index is 5.21. The van der Waals surface area contributed by atoms with Crippen molar-refractivity contribution in [3.63, 3.8) is 0 Å². The molecular weight excluding hydrogens is 980 g/mol. The minimum atomic E-state index is 0. The summed E-state index contributed by atoms with van der Waals surface area (Å²) in [4.78, 5) is 10.4. The predicted octanol–water partition coefficient (Wildman–Crippen LogP) is 13.0. The average molecular weight is 1010 g/mol. The molecule has 0 bridgehead atoms. The monoisotopic (exact) mass is 1010 g/mol. The van der Waals surface area contributed by atoms with Gasteiger partial charge in [-0.2, -0.15) is 12.1 Å². The molecule has 15 rings (SSSR count). The maximum Gasteiger partial charge on any atom is 2.00 e. The normalized spacial score (nSPS) is 12.2. The fourth-order valence-corrected chi connectivity index (χ4v) is 10.5. The van der Waals surface area contributed by atoms with Gasteiger partial charge in [0.1, 0.15) is 0 Å². The molecule has 0 saturated heterocycles. The standard InChI is InChI=1S/C56H32N8.Pt/c1-5-20-45-39(16-1)40-17-2-6-21-46(40)59(45)37-29-31-47-42(33-37)41-30-28-38(62-51-25-10-12-27-53(51)64-49-23-8-4-19-44(49)58-56(62)64)34-54(41)60(47)35-14-13-15-36(32-35)61-50-24-9-11-26-52(50)63-48-22-7-3-18-43(48)57-55(61)63;/h1-31,33H;/q-2;+2. The van der Waals surface area contributed by atoms with Gasteiger partial charge >= 0.3 is 21.1 Å². The molecule has 0 aliphatic rings. The van der Waals surface area contributed by atoms with E-state index >= 15 is 0 Å². The van der Waals surface area contributed by atoms with Gasteiger partial charge in [-0.3, -0.25) is 8.80 Å². The molecule has 0 fully saturated rings. The third kappa shape index (κ3) is 4.89. The van der Waals surface area contributed by atoms with Crippen molar-refractivity contribution in [1.29, 1.82) is 0 Å². The van der Waals surface area contributed by atoms with E-state index < -0.39 is 0 Å². The third-order valence-electron chi connectivity index (χ3n) is 13.2. The molecule has 0 saturated carbocycles. The molecule has 0 spiro atoms. The summed E-state index contributed by atoms with van der Waals surface area (Å²) in [5.41, 5.74) is 16.5. The summed E-state index contributed by atoms with van der Waals surface area (Å²) in [7, 11) is 0. The van der Waals surface area contributed by atoms with Crippen LogP contribution in [-0.2, 0) is 21.1 Å². The van der Waals surface area contributed by atoms with Gasteiger partial charge in [-0.15, -0.1) is 35.7 Å². The molecular formula is C56H32N8Pt. The van der Waals surface area contributed by atoms with Gasteiger partial charge in [0.05, 0.1) is 55.2 Å². The molecule has 9 heteroatoms. The topological polar surface area (TPSA) is 54.3 Å². The zero-order valence-corrected chi connectivity index (χ0v) is 36.6. The number of nitrogens with zero attached hydrogens (tertiary/aromatic N) is 8. The number of fused-ring (bicyclic) bond motifs is 16. The van der Waals surface area contributed by atoms with Crippen LogP contribution in [0.2, 0.25) is 0 Å². The molecule has 0 N–H and O–H groups in total. The quantitative estimate of drug-likeness (QED) is 0.165. The summed E-state index contributed by atoms with van der Waals surface area (Å²) in [5, 5.41) is 4.69. The van der Waals surface area contributed by atoms with Crippen molar-refractivity contribution in [2.45, 2.75) is 0 Å². The number of rotatable bonds is 4. The van der Waals surface area contributed by atoms with Crippen LogP contribution in [0.1, 0.15) is 0 Å². The first-order valence-corrected chi connectivity index (χ1v) is 21.5. The number of hydrogen-bond donors (Lipinski definition) is 0. The van der Waals surface area contributed by atoms with E-state index in [4.69, 9.17) is 9.97 Å². The molecule has 8 nitrogen and oxygen atoms in total. The summed E-state index contributed by atoms with van der Waals surface area (Å²) in [5.74, 6) is 1.69. The van der Waals surface area contributed by atoms with Crippen molar-refractivity contribution in [2.24, 2.45) is 0 Å². The molecule has 6 heterocycles. The van der Waals surface area contributed by atoms with Crippen molar-refractivity contribution in [3.8, 4) is 22.7 Å². The largest absolute Gasteiger partial charge is 2.00 e. The van der Waals surface area contributed by atoms with Crippen LogP contribution < -0.4 is 0 Å². The average Bonchev–Trinajstić information content (AvgIpc) is 4.18. The Hall–Kier alpha value is -8.19. The van der Waals surface area contributed by atoms with Crippen LogP contribution in [0.25, 0.3) is 122 Å². The van der Waals surface area contributed by atoms with Crippen molar-refractivity contribution in [1.82, 2.24) is 37.0 Å². The van der Waals surface area contributed by atoms with E-state index in [-0.39, 0.29) is 21.1 Å². The molecule has 0 atom stereocenters. The summed E-state index contributed by atoms with van der Waals surface area (Å²) >= 11 is 0. The minimum absolute atomic E-state index is 0. The number of imidazole rings is 4. The molecule has 15 aromatic rings. The van der Waals surface area contributed by atoms with Gasteiger partial charge in [-0.1, -0.05) is 108 Å². The molecule has 0 aliphatic heterocycles. The van der Waals surface area contributed by atoms with E-state index in [0.29, 0.717) is 0 Å². The van der Waals surface area contributed by atoms with Gasteiger partial charge in [-0.25, -0.2) is 9.97 Å². The molecule has 6 aromatic heterocycles. The Kier molecular flexibility index (Phi) is 7.49. The van der Waals surface area contributed by atoms with Crippen LogP contribution in [0.3, 0.4) is 0 Å². The van der Waals surface area contributed by atoms with Crippen LogP contribution >= 0.6 is 0 Å². The van der Waals surface area contributed by atoms with Crippen LogP contribution in [-0.4, -0.2) is 37.0 Å². The second-order valence-electron chi connectivity index (χ2n) is 16.6. The second kappa shape index (κ2) is 13.4. The zero-order chi connectivity index (χ0) is 41.6.